The largest absolute Gasteiger partial charge is 0.356 e. The molecular weight excluding hydrogens is 314 g/mol. The zero-order valence-electron chi connectivity index (χ0n) is 14.0. The van der Waals surface area contributed by atoms with Crippen LogP contribution in [0.1, 0.15) is 29.3 Å². The van der Waals surface area contributed by atoms with Gasteiger partial charge < -0.3 is 9.84 Å². The molecule has 5 heteroatoms. The van der Waals surface area contributed by atoms with E-state index in [9.17, 15) is 4.79 Å². The molecule has 0 aliphatic carbocycles. The Labute approximate surface area is 147 Å². The van der Waals surface area contributed by atoms with Crippen LogP contribution in [0.5, 0.6) is 0 Å². The summed E-state index contributed by atoms with van der Waals surface area (Å²) < 4.78 is 5.22. The van der Waals surface area contributed by atoms with Gasteiger partial charge in [-0.15, -0.1) is 0 Å². The molecule has 0 bridgehead atoms. The number of hydrogen-bond donors (Lipinski definition) is 1. The number of amides is 1. The Bertz CT molecular complexity index is 785. The summed E-state index contributed by atoms with van der Waals surface area (Å²) in [5.41, 5.74) is 2.35. The van der Waals surface area contributed by atoms with Crippen molar-refractivity contribution in [1.82, 2.24) is 15.5 Å². The van der Waals surface area contributed by atoms with Gasteiger partial charge in [0.2, 0.25) is 11.8 Å². The summed E-state index contributed by atoms with van der Waals surface area (Å²) in [6, 6.07) is 20.1. The third kappa shape index (κ3) is 5.57. The molecule has 1 amide bonds. The summed E-state index contributed by atoms with van der Waals surface area (Å²) in [5, 5.41) is 6.89. The van der Waals surface area contributed by atoms with Crippen molar-refractivity contribution >= 4 is 5.91 Å². The average Bonchev–Trinajstić information content (AvgIpc) is 3.09. The van der Waals surface area contributed by atoms with E-state index in [-0.39, 0.29) is 5.91 Å². The summed E-state index contributed by atoms with van der Waals surface area (Å²) in [4.78, 5) is 16.3. The standard InChI is InChI=1S/C20H21N3O2/c24-19(21-14-13-16-7-3-1-4-8-16)11-12-20-22-18(23-25-20)15-17-9-5-2-6-10-17/h1-10H,11-15H2,(H,21,24). The Morgan fingerprint density at radius 1 is 0.920 bits per heavy atom. The summed E-state index contributed by atoms with van der Waals surface area (Å²) in [5.74, 6) is 1.15. The maximum Gasteiger partial charge on any atom is 0.227 e. The van der Waals surface area contributed by atoms with E-state index in [0.29, 0.717) is 37.5 Å². The highest BCUT2D eigenvalue weighted by Crippen LogP contribution is 2.07. The summed E-state index contributed by atoms with van der Waals surface area (Å²) in [6.07, 6.45) is 2.27. The van der Waals surface area contributed by atoms with Crippen LogP contribution in [0, 0.1) is 0 Å². The normalized spacial score (nSPS) is 10.6. The highest BCUT2D eigenvalue weighted by Gasteiger charge is 2.09. The van der Waals surface area contributed by atoms with Gasteiger partial charge in [0.05, 0.1) is 0 Å². The number of benzene rings is 2. The molecule has 0 saturated carbocycles. The molecule has 25 heavy (non-hydrogen) atoms. The van der Waals surface area contributed by atoms with Crippen LogP contribution in [0.25, 0.3) is 0 Å². The van der Waals surface area contributed by atoms with Crippen molar-refractivity contribution in [2.75, 3.05) is 6.54 Å². The number of nitrogens with one attached hydrogen (secondary N) is 1. The molecule has 3 aromatic rings. The number of aryl methyl sites for hydroxylation is 1. The van der Waals surface area contributed by atoms with Crippen LogP contribution >= 0.6 is 0 Å². The van der Waals surface area contributed by atoms with E-state index in [1.54, 1.807) is 0 Å². The van der Waals surface area contributed by atoms with Gasteiger partial charge in [-0.1, -0.05) is 65.8 Å². The van der Waals surface area contributed by atoms with Crippen LogP contribution in [-0.2, 0) is 24.1 Å². The minimum atomic E-state index is -0.00117. The third-order valence-electron chi connectivity index (χ3n) is 3.86. The number of nitrogens with zero attached hydrogens (tertiary/aromatic N) is 2. The number of rotatable bonds is 8. The van der Waals surface area contributed by atoms with Crippen molar-refractivity contribution in [3.63, 3.8) is 0 Å². The Balaban J connectivity index is 1.39. The van der Waals surface area contributed by atoms with Gasteiger partial charge in [-0.3, -0.25) is 4.79 Å². The highest BCUT2D eigenvalue weighted by molar-refractivity contribution is 5.75. The van der Waals surface area contributed by atoms with Gasteiger partial charge in [0.1, 0.15) is 0 Å². The maximum atomic E-state index is 11.9. The first-order chi connectivity index (χ1) is 12.3. The zero-order valence-corrected chi connectivity index (χ0v) is 14.0. The van der Waals surface area contributed by atoms with E-state index in [4.69, 9.17) is 4.52 Å². The first kappa shape index (κ1) is 16.9. The van der Waals surface area contributed by atoms with Crippen molar-refractivity contribution in [2.45, 2.75) is 25.7 Å². The number of carbonyl (C=O) groups is 1. The van der Waals surface area contributed by atoms with E-state index in [1.807, 2.05) is 48.5 Å². The highest BCUT2D eigenvalue weighted by atomic mass is 16.5. The van der Waals surface area contributed by atoms with E-state index in [0.717, 1.165) is 12.0 Å². The Hall–Kier alpha value is -2.95. The van der Waals surface area contributed by atoms with E-state index in [2.05, 4.69) is 27.6 Å². The van der Waals surface area contributed by atoms with E-state index < -0.39 is 0 Å². The molecule has 5 nitrogen and oxygen atoms in total. The van der Waals surface area contributed by atoms with Crippen LogP contribution < -0.4 is 5.32 Å². The molecule has 2 aromatic carbocycles. The molecule has 0 fully saturated rings. The van der Waals surface area contributed by atoms with Crippen LogP contribution in [0.4, 0.5) is 0 Å². The van der Waals surface area contributed by atoms with E-state index in [1.165, 1.54) is 5.56 Å². The molecule has 0 unspecified atom stereocenters. The number of hydrogen-bond acceptors (Lipinski definition) is 4. The minimum Gasteiger partial charge on any atom is -0.356 e. The Kier molecular flexibility index (Phi) is 5.93. The predicted octanol–water partition coefficient (Wildman–Crippen LogP) is 2.95. The van der Waals surface area contributed by atoms with Gasteiger partial charge in [-0.2, -0.15) is 4.98 Å². The van der Waals surface area contributed by atoms with Crippen molar-refractivity contribution in [3.05, 3.63) is 83.5 Å². The number of carbonyl (C=O) groups excluding carboxylic acids is 1. The van der Waals surface area contributed by atoms with Crippen molar-refractivity contribution < 1.29 is 9.32 Å². The minimum absolute atomic E-state index is 0.00117. The fourth-order valence-electron chi connectivity index (χ4n) is 2.54. The molecule has 1 aromatic heterocycles. The fraction of sp³-hybridized carbons (Fsp3) is 0.250. The smallest absolute Gasteiger partial charge is 0.227 e. The van der Waals surface area contributed by atoms with Crippen molar-refractivity contribution in [3.8, 4) is 0 Å². The topological polar surface area (TPSA) is 68.0 Å². The second-order valence-corrected chi connectivity index (χ2v) is 5.85. The predicted molar refractivity (Wildman–Crippen MR) is 95.0 cm³/mol. The van der Waals surface area contributed by atoms with Gasteiger partial charge in [0.15, 0.2) is 5.82 Å². The van der Waals surface area contributed by atoms with Crippen molar-refractivity contribution in [1.29, 1.82) is 0 Å². The second-order valence-electron chi connectivity index (χ2n) is 5.85. The molecule has 1 N–H and O–H groups in total. The molecule has 128 valence electrons. The van der Waals surface area contributed by atoms with Gasteiger partial charge in [-0.05, 0) is 17.5 Å². The molecule has 1 heterocycles. The Morgan fingerprint density at radius 3 is 2.32 bits per heavy atom. The first-order valence-electron chi connectivity index (χ1n) is 8.45. The SMILES string of the molecule is O=C(CCc1nc(Cc2ccccc2)no1)NCCc1ccccc1. The first-order valence-corrected chi connectivity index (χ1v) is 8.45. The summed E-state index contributed by atoms with van der Waals surface area (Å²) in [6.45, 7) is 0.631. The monoisotopic (exact) mass is 335 g/mol. The summed E-state index contributed by atoms with van der Waals surface area (Å²) in [7, 11) is 0. The van der Waals surface area contributed by atoms with Gasteiger partial charge in [0.25, 0.3) is 0 Å². The lowest BCUT2D eigenvalue weighted by atomic mass is 10.1. The lowest BCUT2D eigenvalue weighted by molar-refractivity contribution is -0.121. The zero-order chi connectivity index (χ0) is 17.3. The molecule has 0 aliphatic rings. The third-order valence-corrected chi connectivity index (χ3v) is 3.86. The Morgan fingerprint density at radius 2 is 1.60 bits per heavy atom. The summed E-state index contributed by atoms with van der Waals surface area (Å²) >= 11 is 0. The molecule has 0 radical (unpaired) electrons. The lowest BCUT2D eigenvalue weighted by Gasteiger charge is -2.04. The maximum absolute atomic E-state index is 11.9. The molecule has 0 spiro atoms. The molecule has 0 atom stereocenters. The molecule has 0 saturated heterocycles. The lowest BCUT2D eigenvalue weighted by Crippen LogP contribution is -2.25. The van der Waals surface area contributed by atoms with Gasteiger partial charge in [-0.25, -0.2) is 0 Å². The quantitative estimate of drug-likeness (QED) is 0.687. The van der Waals surface area contributed by atoms with Crippen LogP contribution in [0.3, 0.4) is 0 Å². The van der Waals surface area contributed by atoms with Gasteiger partial charge in [0, 0.05) is 25.8 Å². The average molecular weight is 335 g/mol. The van der Waals surface area contributed by atoms with E-state index >= 15 is 0 Å². The molecule has 0 aliphatic heterocycles. The molecule has 3 rings (SSSR count). The molecular formula is C20H21N3O2. The fourth-order valence-corrected chi connectivity index (χ4v) is 2.54. The second kappa shape index (κ2) is 8.78. The van der Waals surface area contributed by atoms with Crippen LogP contribution in [-0.4, -0.2) is 22.6 Å². The number of aromatic nitrogens is 2. The van der Waals surface area contributed by atoms with Crippen molar-refractivity contribution in [2.24, 2.45) is 0 Å². The van der Waals surface area contributed by atoms with Gasteiger partial charge >= 0.3 is 0 Å². The van der Waals surface area contributed by atoms with Crippen LogP contribution in [0.2, 0.25) is 0 Å². The van der Waals surface area contributed by atoms with Crippen LogP contribution in [0.15, 0.2) is 65.2 Å².